The minimum absolute atomic E-state index is 0.0662. The smallest absolute Gasteiger partial charge is 0.408 e. The Hall–Kier alpha value is -4.08. The highest BCUT2D eigenvalue weighted by molar-refractivity contribution is 5.81. The SMILES string of the molecule is O=C(NC(CCOc1ccc(CC/C=N\NC2=NCCN2)cc1)C(=O)O)OCc1ccccc1. The number of aliphatic carboxylic acids is 1. The fraction of sp³-hybridized carbons (Fsp3) is 0.333. The zero-order valence-corrected chi connectivity index (χ0v) is 18.8. The summed E-state index contributed by atoms with van der Waals surface area (Å²) in [5.41, 5.74) is 4.80. The number of benzene rings is 2. The van der Waals surface area contributed by atoms with E-state index in [1.54, 1.807) is 6.21 Å². The van der Waals surface area contributed by atoms with Crippen LogP contribution in [0.5, 0.6) is 5.75 Å². The van der Waals surface area contributed by atoms with Crippen molar-refractivity contribution in [3.05, 3.63) is 65.7 Å². The molecule has 2 aromatic carbocycles. The number of carboxylic acid groups (broad SMARTS) is 1. The van der Waals surface area contributed by atoms with Gasteiger partial charge in [-0.3, -0.25) is 0 Å². The number of amides is 1. The first kappa shape index (κ1) is 24.6. The molecule has 0 spiro atoms. The van der Waals surface area contributed by atoms with Crippen molar-refractivity contribution in [2.24, 2.45) is 10.1 Å². The first-order valence-corrected chi connectivity index (χ1v) is 11.1. The van der Waals surface area contributed by atoms with Crippen LogP contribution in [0.25, 0.3) is 0 Å². The Bertz CT molecular complexity index is 979. The number of nitrogens with zero attached hydrogens (tertiary/aromatic N) is 2. The van der Waals surface area contributed by atoms with Crippen molar-refractivity contribution in [1.29, 1.82) is 0 Å². The second-order valence-corrected chi connectivity index (χ2v) is 7.50. The highest BCUT2D eigenvalue weighted by Crippen LogP contribution is 2.14. The van der Waals surface area contributed by atoms with Gasteiger partial charge in [0.1, 0.15) is 18.4 Å². The first-order chi connectivity index (χ1) is 16.6. The molecule has 10 nitrogen and oxygen atoms in total. The molecule has 180 valence electrons. The largest absolute Gasteiger partial charge is 0.494 e. The molecule has 0 fully saturated rings. The molecular formula is C24H29N5O5. The molecule has 10 heteroatoms. The molecule has 0 saturated heterocycles. The zero-order valence-electron chi connectivity index (χ0n) is 18.8. The fourth-order valence-electron chi connectivity index (χ4n) is 3.09. The van der Waals surface area contributed by atoms with Crippen molar-refractivity contribution >= 4 is 24.2 Å². The number of aryl methyl sites for hydroxylation is 1. The van der Waals surface area contributed by atoms with E-state index in [1.807, 2.05) is 54.6 Å². The molecule has 1 atom stereocenters. The fourth-order valence-corrected chi connectivity index (χ4v) is 3.09. The number of nitrogens with one attached hydrogen (secondary N) is 3. The van der Waals surface area contributed by atoms with E-state index in [0.717, 1.165) is 37.1 Å². The van der Waals surface area contributed by atoms with Crippen molar-refractivity contribution in [2.45, 2.75) is 31.9 Å². The van der Waals surface area contributed by atoms with E-state index in [4.69, 9.17) is 9.47 Å². The second kappa shape index (κ2) is 13.5. The lowest BCUT2D eigenvalue weighted by atomic mass is 10.1. The van der Waals surface area contributed by atoms with Crippen LogP contribution < -0.4 is 20.8 Å². The van der Waals surface area contributed by atoms with E-state index in [1.165, 1.54) is 0 Å². The molecule has 0 aliphatic carbocycles. The third-order valence-electron chi connectivity index (χ3n) is 4.90. The van der Waals surface area contributed by atoms with Gasteiger partial charge >= 0.3 is 12.1 Å². The Labute approximate surface area is 198 Å². The van der Waals surface area contributed by atoms with Gasteiger partial charge in [-0.05, 0) is 36.1 Å². The molecule has 1 aliphatic rings. The quantitative estimate of drug-likeness (QED) is 0.278. The lowest BCUT2D eigenvalue weighted by Gasteiger charge is -2.15. The molecule has 0 saturated carbocycles. The Morgan fingerprint density at radius 3 is 2.65 bits per heavy atom. The molecule has 4 N–H and O–H groups in total. The topological polar surface area (TPSA) is 134 Å². The van der Waals surface area contributed by atoms with Gasteiger partial charge in [0.25, 0.3) is 0 Å². The number of aliphatic imine (C=N–C) groups is 1. The molecule has 0 aromatic heterocycles. The van der Waals surface area contributed by atoms with Gasteiger partial charge in [-0.15, -0.1) is 0 Å². The normalized spacial score (nSPS) is 13.6. The first-order valence-electron chi connectivity index (χ1n) is 11.1. The van der Waals surface area contributed by atoms with Crippen LogP contribution in [0.15, 0.2) is 64.7 Å². The molecule has 1 unspecified atom stereocenters. The van der Waals surface area contributed by atoms with Gasteiger partial charge in [0.05, 0.1) is 13.2 Å². The number of hydrogen-bond donors (Lipinski definition) is 4. The lowest BCUT2D eigenvalue weighted by Crippen LogP contribution is -2.42. The van der Waals surface area contributed by atoms with Crippen LogP contribution in [0.4, 0.5) is 4.79 Å². The highest BCUT2D eigenvalue weighted by atomic mass is 16.5. The maximum absolute atomic E-state index is 11.9. The van der Waals surface area contributed by atoms with Crippen molar-refractivity contribution in [2.75, 3.05) is 19.7 Å². The molecular weight excluding hydrogens is 438 g/mol. The molecule has 0 radical (unpaired) electrons. The predicted molar refractivity (Wildman–Crippen MR) is 128 cm³/mol. The van der Waals surface area contributed by atoms with Gasteiger partial charge in [0, 0.05) is 19.2 Å². The lowest BCUT2D eigenvalue weighted by molar-refractivity contribution is -0.139. The number of alkyl carbamates (subject to hydrolysis) is 1. The Kier molecular flexibility index (Phi) is 9.73. The third kappa shape index (κ3) is 8.81. The van der Waals surface area contributed by atoms with E-state index in [0.29, 0.717) is 11.7 Å². The number of carboxylic acids is 1. The van der Waals surface area contributed by atoms with Gasteiger partial charge < -0.3 is 25.2 Å². The number of hydrogen-bond acceptors (Lipinski definition) is 8. The molecule has 0 bridgehead atoms. The zero-order chi connectivity index (χ0) is 24.0. The number of carbonyl (C=O) groups excluding carboxylic acids is 1. The summed E-state index contributed by atoms with van der Waals surface area (Å²) in [5.74, 6) is 0.171. The Balaban J connectivity index is 1.34. The van der Waals surface area contributed by atoms with Crippen molar-refractivity contribution in [1.82, 2.24) is 16.1 Å². The molecule has 1 aliphatic heterocycles. The summed E-state index contributed by atoms with van der Waals surface area (Å²) in [7, 11) is 0. The molecule has 1 heterocycles. The summed E-state index contributed by atoms with van der Waals surface area (Å²) in [5, 5.41) is 18.9. The van der Waals surface area contributed by atoms with E-state index in [-0.39, 0.29) is 19.6 Å². The highest BCUT2D eigenvalue weighted by Gasteiger charge is 2.20. The van der Waals surface area contributed by atoms with Gasteiger partial charge in [-0.1, -0.05) is 42.5 Å². The number of rotatable bonds is 12. The average molecular weight is 468 g/mol. The van der Waals surface area contributed by atoms with Crippen LogP contribution in [-0.2, 0) is 22.6 Å². The van der Waals surface area contributed by atoms with Crippen LogP contribution in [0, 0.1) is 0 Å². The third-order valence-corrected chi connectivity index (χ3v) is 4.90. The number of ether oxygens (including phenoxy) is 2. The minimum atomic E-state index is -1.15. The van der Waals surface area contributed by atoms with Gasteiger partial charge in [-0.25, -0.2) is 20.0 Å². The molecule has 34 heavy (non-hydrogen) atoms. The van der Waals surface area contributed by atoms with Crippen molar-refractivity contribution < 1.29 is 24.2 Å². The molecule has 2 aromatic rings. The number of hydrazone groups is 1. The average Bonchev–Trinajstić information content (AvgIpc) is 3.37. The van der Waals surface area contributed by atoms with E-state index >= 15 is 0 Å². The van der Waals surface area contributed by atoms with Gasteiger partial charge in [0.2, 0.25) is 5.96 Å². The van der Waals surface area contributed by atoms with Crippen LogP contribution in [0.2, 0.25) is 0 Å². The maximum Gasteiger partial charge on any atom is 0.408 e. The standard InChI is InChI=1S/C24H29N5O5/c30-22(31)21(28-24(32)34-17-19-5-2-1-3-6-19)12-16-33-20-10-8-18(9-11-20)7-4-13-27-29-23-25-14-15-26-23/h1-3,5-6,8-11,13,21H,4,7,12,14-17H2,(H,28,32)(H,30,31)(H2,25,26,29)/b27-13-. The molecule has 3 rings (SSSR count). The predicted octanol–water partition coefficient (Wildman–Crippen LogP) is 2.30. The van der Waals surface area contributed by atoms with Gasteiger partial charge in [-0.2, -0.15) is 5.10 Å². The monoisotopic (exact) mass is 467 g/mol. The number of carbonyl (C=O) groups is 2. The Morgan fingerprint density at radius 1 is 1.15 bits per heavy atom. The summed E-state index contributed by atoms with van der Waals surface area (Å²) in [6.45, 7) is 1.80. The van der Waals surface area contributed by atoms with Crippen molar-refractivity contribution in [3.63, 3.8) is 0 Å². The summed E-state index contributed by atoms with van der Waals surface area (Å²) >= 11 is 0. The second-order valence-electron chi connectivity index (χ2n) is 7.50. The van der Waals surface area contributed by atoms with Crippen LogP contribution >= 0.6 is 0 Å². The summed E-state index contributed by atoms with van der Waals surface area (Å²) in [6.07, 6.45) is 2.71. The van der Waals surface area contributed by atoms with E-state index in [2.05, 4.69) is 26.2 Å². The van der Waals surface area contributed by atoms with Crippen molar-refractivity contribution in [3.8, 4) is 5.75 Å². The van der Waals surface area contributed by atoms with Crippen LogP contribution in [-0.4, -0.2) is 55.1 Å². The van der Waals surface area contributed by atoms with E-state index < -0.39 is 18.1 Å². The van der Waals surface area contributed by atoms with Crippen LogP contribution in [0.1, 0.15) is 24.0 Å². The molecule has 1 amide bonds. The maximum atomic E-state index is 11.9. The van der Waals surface area contributed by atoms with E-state index in [9.17, 15) is 14.7 Å². The van der Waals surface area contributed by atoms with Gasteiger partial charge in [0.15, 0.2) is 0 Å². The summed E-state index contributed by atoms with van der Waals surface area (Å²) < 4.78 is 10.7. The number of guanidine groups is 1. The minimum Gasteiger partial charge on any atom is -0.494 e. The Morgan fingerprint density at radius 2 is 1.94 bits per heavy atom. The summed E-state index contributed by atoms with van der Waals surface area (Å²) in [6, 6.07) is 15.6. The van der Waals surface area contributed by atoms with Crippen LogP contribution in [0.3, 0.4) is 0 Å². The summed E-state index contributed by atoms with van der Waals surface area (Å²) in [4.78, 5) is 27.6.